The molecule has 4 aromatic rings. The van der Waals surface area contributed by atoms with E-state index in [2.05, 4.69) is 25.6 Å². The van der Waals surface area contributed by atoms with E-state index in [9.17, 15) is 4.79 Å². The Hall–Kier alpha value is -3.74. The summed E-state index contributed by atoms with van der Waals surface area (Å²) in [7, 11) is 0. The minimum absolute atomic E-state index is 0.0905. The van der Waals surface area contributed by atoms with Crippen LogP contribution in [0.1, 0.15) is 15.9 Å². The summed E-state index contributed by atoms with van der Waals surface area (Å²) in [6.07, 6.45) is 7.12. The molecule has 5 rings (SSSR count). The fraction of sp³-hybridized carbons (Fsp3) is 0.0526. The molecule has 1 amide bonds. The number of carbonyl (C=O) groups excluding carboxylic acids is 1. The Balaban J connectivity index is 1.66. The maximum atomic E-state index is 12.5. The van der Waals surface area contributed by atoms with Crippen LogP contribution >= 0.6 is 0 Å². The summed E-state index contributed by atoms with van der Waals surface area (Å²) in [4.78, 5) is 25.3. The van der Waals surface area contributed by atoms with Crippen LogP contribution in [0.25, 0.3) is 17.0 Å². The van der Waals surface area contributed by atoms with E-state index in [0.29, 0.717) is 23.7 Å². The highest BCUT2D eigenvalue weighted by atomic mass is 16.1. The molecule has 0 aliphatic carbocycles. The molecule has 0 unspecified atom stereocenters. The monoisotopic (exact) mass is 342 g/mol. The first-order valence-electron chi connectivity index (χ1n) is 8.22. The van der Waals surface area contributed by atoms with Gasteiger partial charge in [-0.3, -0.25) is 9.20 Å². The number of imidazole rings is 1. The van der Waals surface area contributed by atoms with Crippen LogP contribution in [0.15, 0.2) is 61.2 Å². The number of carbonyl (C=O) groups is 1. The number of benzene rings is 1. The SMILES string of the molecule is O=C1NCc2c(-c3cnc4ncccn34)ccc(Nc3ccccn3)c21. The third-order valence-electron chi connectivity index (χ3n) is 4.46. The summed E-state index contributed by atoms with van der Waals surface area (Å²) < 4.78 is 1.92. The second-order valence-corrected chi connectivity index (χ2v) is 5.97. The summed E-state index contributed by atoms with van der Waals surface area (Å²) in [6, 6.07) is 11.4. The number of amides is 1. The minimum Gasteiger partial charge on any atom is -0.348 e. The van der Waals surface area contributed by atoms with Crippen molar-refractivity contribution in [1.82, 2.24) is 24.7 Å². The third kappa shape index (κ3) is 2.21. The average molecular weight is 342 g/mol. The number of pyridine rings is 1. The Morgan fingerprint density at radius 1 is 1.04 bits per heavy atom. The molecular weight excluding hydrogens is 328 g/mol. The van der Waals surface area contributed by atoms with E-state index in [1.165, 1.54) is 0 Å². The average Bonchev–Trinajstić information content (AvgIpc) is 3.28. The van der Waals surface area contributed by atoms with Crippen LogP contribution < -0.4 is 10.6 Å². The molecule has 0 bridgehead atoms. The maximum absolute atomic E-state index is 12.5. The highest BCUT2D eigenvalue weighted by Crippen LogP contribution is 2.35. The molecule has 1 aliphatic heterocycles. The summed E-state index contributed by atoms with van der Waals surface area (Å²) in [5.41, 5.74) is 4.20. The fourth-order valence-electron chi connectivity index (χ4n) is 3.29. The standard InChI is InChI=1S/C19H14N6O/c26-18-17-13(10-22-18)12(15-11-23-19-21-8-3-9-25(15)19)5-6-14(17)24-16-4-1-2-7-20-16/h1-9,11H,10H2,(H,20,24)(H,22,26). The summed E-state index contributed by atoms with van der Waals surface area (Å²) in [5, 5.41) is 6.15. The lowest BCUT2D eigenvalue weighted by molar-refractivity contribution is 0.0966. The molecule has 26 heavy (non-hydrogen) atoms. The van der Waals surface area contributed by atoms with Crippen molar-refractivity contribution >= 4 is 23.2 Å². The molecule has 3 aromatic heterocycles. The maximum Gasteiger partial charge on any atom is 0.254 e. The van der Waals surface area contributed by atoms with Gasteiger partial charge in [-0.1, -0.05) is 12.1 Å². The number of nitrogens with zero attached hydrogens (tertiary/aromatic N) is 4. The van der Waals surface area contributed by atoms with Gasteiger partial charge in [0.2, 0.25) is 5.78 Å². The van der Waals surface area contributed by atoms with E-state index in [-0.39, 0.29) is 5.91 Å². The number of hydrogen-bond acceptors (Lipinski definition) is 5. The minimum atomic E-state index is -0.0905. The molecule has 7 heteroatoms. The molecule has 0 atom stereocenters. The van der Waals surface area contributed by atoms with Gasteiger partial charge in [0.05, 0.1) is 23.1 Å². The van der Waals surface area contributed by atoms with Crippen molar-refractivity contribution in [1.29, 1.82) is 0 Å². The molecule has 0 saturated heterocycles. The summed E-state index contributed by atoms with van der Waals surface area (Å²) >= 11 is 0. The molecule has 0 saturated carbocycles. The zero-order chi connectivity index (χ0) is 17.5. The second kappa shape index (κ2) is 5.66. The third-order valence-corrected chi connectivity index (χ3v) is 4.46. The normalized spacial score (nSPS) is 12.8. The Kier molecular flexibility index (Phi) is 3.18. The van der Waals surface area contributed by atoms with Gasteiger partial charge in [0, 0.05) is 30.7 Å². The Morgan fingerprint density at radius 3 is 2.85 bits per heavy atom. The molecule has 2 N–H and O–H groups in total. The largest absolute Gasteiger partial charge is 0.348 e. The van der Waals surface area contributed by atoms with Gasteiger partial charge in [0.25, 0.3) is 5.91 Å². The number of hydrogen-bond donors (Lipinski definition) is 2. The van der Waals surface area contributed by atoms with E-state index < -0.39 is 0 Å². The zero-order valence-electron chi connectivity index (χ0n) is 13.7. The lowest BCUT2D eigenvalue weighted by atomic mass is 9.99. The number of anilines is 2. The molecule has 126 valence electrons. The van der Waals surface area contributed by atoms with Crippen molar-refractivity contribution in [3.8, 4) is 11.3 Å². The summed E-state index contributed by atoms with van der Waals surface area (Å²) in [5.74, 6) is 1.23. The number of fused-ring (bicyclic) bond motifs is 2. The van der Waals surface area contributed by atoms with Gasteiger partial charge in [0.1, 0.15) is 5.82 Å². The van der Waals surface area contributed by atoms with Crippen molar-refractivity contribution < 1.29 is 4.79 Å². The number of nitrogens with one attached hydrogen (secondary N) is 2. The number of aromatic nitrogens is 4. The topological polar surface area (TPSA) is 84.2 Å². The molecule has 0 fully saturated rings. The van der Waals surface area contributed by atoms with Gasteiger partial charge >= 0.3 is 0 Å². The first kappa shape index (κ1) is 14.6. The highest BCUT2D eigenvalue weighted by molar-refractivity contribution is 6.06. The molecule has 0 radical (unpaired) electrons. The predicted octanol–water partition coefficient (Wildman–Crippen LogP) is 2.78. The fourth-order valence-corrected chi connectivity index (χ4v) is 3.29. The molecule has 1 aromatic carbocycles. The van der Waals surface area contributed by atoms with Crippen LogP contribution in [0.3, 0.4) is 0 Å². The zero-order valence-corrected chi connectivity index (χ0v) is 13.7. The smallest absolute Gasteiger partial charge is 0.254 e. The Bertz CT molecular complexity index is 1140. The second-order valence-electron chi connectivity index (χ2n) is 5.97. The van der Waals surface area contributed by atoms with Crippen molar-refractivity contribution in [2.75, 3.05) is 5.32 Å². The van der Waals surface area contributed by atoms with E-state index >= 15 is 0 Å². The van der Waals surface area contributed by atoms with Gasteiger partial charge in [0.15, 0.2) is 0 Å². The highest BCUT2D eigenvalue weighted by Gasteiger charge is 2.27. The van der Waals surface area contributed by atoms with E-state index in [1.807, 2.05) is 47.0 Å². The molecule has 0 spiro atoms. The lowest BCUT2D eigenvalue weighted by Crippen LogP contribution is -2.13. The van der Waals surface area contributed by atoms with E-state index in [4.69, 9.17) is 0 Å². The molecular formula is C19H14N6O. The molecule has 7 nitrogen and oxygen atoms in total. The van der Waals surface area contributed by atoms with Crippen LogP contribution in [-0.4, -0.2) is 25.3 Å². The van der Waals surface area contributed by atoms with Gasteiger partial charge in [-0.05, 0) is 29.8 Å². The Morgan fingerprint density at radius 2 is 1.96 bits per heavy atom. The van der Waals surface area contributed by atoms with Gasteiger partial charge < -0.3 is 10.6 Å². The van der Waals surface area contributed by atoms with Crippen molar-refractivity contribution in [3.05, 3.63) is 72.3 Å². The van der Waals surface area contributed by atoms with E-state index in [1.54, 1.807) is 18.6 Å². The Labute approximate surface area is 148 Å². The van der Waals surface area contributed by atoms with Gasteiger partial charge in [-0.2, -0.15) is 0 Å². The van der Waals surface area contributed by atoms with Crippen molar-refractivity contribution in [2.24, 2.45) is 0 Å². The summed E-state index contributed by atoms with van der Waals surface area (Å²) in [6.45, 7) is 0.481. The van der Waals surface area contributed by atoms with Crippen LogP contribution in [0.5, 0.6) is 0 Å². The first-order valence-corrected chi connectivity index (χ1v) is 8.22. The van der Waals surface area contributed by atoms with Crippen LogP contribution in [-0.2, 0) is 6.54 Å². The lowest BCUT2D eigenvalue weighted by Gasteiger charge is -2.12. The van der Waals surface area contributed by atoms with Gasteiger partial charge in [-0.15, -0.1) is 0 Å². The number of rotatable bonds is 3. The molecule has 4 heterocycles. The first-order chi connectivity index (χ1) is 12.8. The molecule has 1 aliphatic rings. The van der Waals surface area contributed by atoms with Crippen LogP contribution in [0, 0.1) is 0 Å². The predicted molar refractivity (Wildman–Crippen MR) is 97.1 cm³/mol. The van der Waals surface area contributed by atoms with E-state index in [0.717, 1.165) is 22.5 Å². The quantitative estimate of drug-likeness (QED) is 0.598. The van der Waals surface area contributed by atoms with Crippen LogP contribution in [0.4, 0.5) is 11.5 Å². The van der Waals surface area contributed by atoms with Crippen molar-refractivity contribution in [3.63, 3.8) is 0 Å². The van der Waals surface area contributed by atoms with Crippen molar-refractivity contribution in [2.45, 2.75) is 6.54 Å². The van der Waals surface area contributed by atoms with Gasteiger partial charge in [-0.25, -0.2) is 15.0 Å². The van der Waals surface area contributed by atoms with Crippen LogP contribution in [0.2, 0.25) is 0 Å².